The Morgan fingerprint density at radius 2 is 2.05 bits per heavy atom. The van der Waals surface area contributed by atoms with E-state index in [1.165, 1.54) is 6.07 Å². The summed E-state index contributed by atoms with van der Waals surface area (Å²) in [6.07, 6.45) is 0. The van der Waals surface area contributed by atoms with E-state index in [2.05, 4.69) is 9.55 Å². The molecule has 0 saturated heterocycles. The standard InChI is InChI=1S/C15H10ClFN2S/c16-9-4-3-5-10(17)14(9)15-19-12-7-2-1-6-11(12)18-13(19)8-20-15/h1-7,15H,8H2/t15-/m0/s1. The molecule has 5 heteroatoms. The summed E-state index contributed by atoms with van der Waals surface area (Å²) in [6, 6.07) is 12.7. The highest BCUT2D eigenvalue weighted by Crippen LogP contribution is 2.45. The summed E-state index contributed by atoms with van der Waals surface area (Å²) in [5.74, 6) is 1.48. The molecule has 1 aliphatic heterocycles. The zero-order valence-corrected chi connectivity index (χ0v) is 12.0. The number of fused-ring (bicyclic) bond motifs is 3. The summed E-state index contributed by atoms with van der Waals surface area (Å²) in [6.45, 7) is 0. The maximum Gasteiger partial charge on any atom is 0.130 e. The predicted octanol–water partition coefficient (Wildman–Crippen LogP) is 4.62. The van der Waals surface area contributed by atoms with Gasteiger partial charge in [0.25, 0.3) is 0 Å². The third-order valence-electron chi connectivity index (χ3n) is 3.52. The van der Waals surface area contributed by atoms with Crippen molar-refractivity contribution < 1.29 is 4.39 Å². The second-order valence-corrected chi connectivity index (χ2v) is 6.16. The van der Waals surface area contributed by atoms with Crippen LogP contribution >= 0.6 is 23.4 Å². The first-order valence-electron chi connectivity index (χ1n) is 6.27. The fourth-order valence-corrected chi connectivity index (χ4v) is 4.28. The van der Waals surface area contributed by atoms with Gasteiger partial charge in [0, 0.05) is 10.6 Å². The fourth-order valence-electron chi connectivity index (χ4n) is 2.64. The Morgan fingerprint density at radius 1 is 1.20 bits per heavy atom. The lowest BCUT2D eigenvalue weighted by atomic mass is 10.2. The molecule has 0 aliphatic carbocycles. The van der Waals surface area contributed by atoms with Crippen molar-refractivity contribution in [1.29, 1.82) is 0 Å². The predicted molar refractivity (Wildman–Crippen MR) is 80.6 cm³/mol. The van der Waals surface area contributed by atoms with Crippen LogP contribution < -0.4 is 0 Å². The molecule has 1 atom stereocenters. The Morgan fingerprint density at radius 3 is 2.90 bits per heavy atom. The van der Waals surface area contributed by atoms with E-state index in [1.54, 1.807) is 23.9 Å². The average molecular weight is 305 g/mol. The fraction of sp³-hybridized carbons (Fsp3) is 0.133. The minimum absolute atomic E-state index is 0.147. The highest BCUT2D eigenvalue weighted by Gasteiger charge is 2.30. The molecule has 0 saturated carbocycles. The topological polar surface area (TPSA) is 17.8 Å². The van der Waals surface area contributed by atoms with E-state index in [0.29, 0.717) is 10.6 Å². The van der Waals surface area contributed by atoms with Crippen LogP contribution in [0.25, 0.3) is 11.0 Å². The van der Waals surface area contributed by atoms with Crippen molar-refractivity contribution in [2.45, 2.75) is 11.1 Å². The Balaban J connectivity index is 1.97. The average Bonchev–Trinajstić information content (AvgIpc) is 2.98. The van der Waals surface area contributed by atoms with Crippen LogP contribution in [0, 0.1) is 5.82 Å². The molecule has 0 spiro atoms. The van der Waals surface area contributed by atoms with Crippen LogP contribution in [0.1, 0.15) is 16.8 Å². The smallest absolute Gasteiger partial charge is 0.130 e. The van der Waals surface area contributed by atoms with Crippen molar-refractivity contribution in [2.75, 3.05) is 0 Å². The van der Waals surface area contributed by atoms with Gasteiger partial charge in [-0.15, -0.1) is 11.8 Å². The first-order valence-corrected chi connectivity index (χ1v) is 7.70. The number of imidazole rings is 1. The Hall–Kier alpha value is -1.52. The molecule has 3 aromatic rings. The van der Waals surface area contributed by atoms with Crippen LogP contribution in [0.3, 0.4) is 0 Å². The number of hydrogen-bond donors (Lipinski definition) is 0. The van der Waals surface area contributed by atoms with Crippen molar-refractivity contribution in [3.63, 3.8) is 0 Å². The molecular weight excluding hydrogens is 295 g/mol. The summed E-state index contributed by atoms with van der Waals surface area (Å²) in [4.78, 5) is 4.60. The summed E-state index contributed by atoms with van der Waals surface area (Å²) < 4.78 is 16.3. The van der Waals surface area contributed by atoms with Crippen LogP contribution in [-0.4, -0.2) is 9.55 Å². The van der Waals surface area contributed by atoms with Crippen LogP contribution in [0.4, 0.5) is 4.39 Å². The van der Waals surface area contributed by atoms with E-state index in [0.717, 1.165) is 22.6 Å². The highest BCUT2D eigenvalue weighted by atomic mass is 35.5. The number of halogens is 2. The molecule has 0 N–H and O–H groups in total. The summed E-state index contributed by atoms with van der Waals surface area (Å²) in [5, 5.41) is 0.319. The second-order valence-electron chi connectivity index (χ2n) is 4.69. The largest absolute Gasteiger partial charge is 0.310 e. The molecule has 100 valence electrons. The van der Waals surface area contributed by atoms with Crippen molar-refractivity contribution in [3.8, 4) is 0 Å². The normalized spacial score (nSPS) is 17.6. The number of nitrogens with zero attached hydrogens (tertiary/aromatic N) is 2. The maximum absolute atomic E-state index is 14.2. The van der Waals surface area contributed by atoms with E-state index < -0.39 is 0 Å². The molecule has 20 heavy (non-hydrogen) atoms. The number of aromatic nitrogens is 2. The van der Waals surface area contributed by atoms with Crippen molar-refractivity contribution in [2.24, 2.45) is 0 Å². The van der Waals surface area contributed by atoms with E-state index in [-0.39, 0.29) is 11.2 Å². The third-order valence-corrected chi connectivity index (χ3v) is 5.04. The highest BCUT2D eigenvalue weighted by molar-refractivity contribution is 7.99. The van der Waals surface area contributed by atoms with Crippen molar-refractivity contribution in [1.82, 2.24) is 9.55 Å². The number of rotatable bonds is 1. The van der Waals surface area contributed by atoms with Crippen LogP contribution in [0.15, 0.2) is 42.5 Å². The maximum atomic E-state index is 14.2. The summed E-state index contributed by atoms with van der Waals surface area (Å²) >= 11 is 7.86. The van der Waals surface area contributed by atoms with Gasteiger partial charge in [-0.1, -0.05) is 29.8 Å². The Labute approximate surface area is 124 Å². The minimum atomic E-state index is -0.263. The summed E-state index contributed by atoms with van der Waals surface area (Å²) in [5.41, 5.74) is 2.51. The lowest BCUT2D eigenvalue weighted by Gasteiger charge is -2.16. The lowest BCUT2D eigenvalue weighted by molar-refractivity contribution is 0.599. The Kier molecular flexibility index (Phi) is 2.75. The van der Waals surface area contributed by atoms with Gasteiger partial charge in [-0.25, -0.2) is 9.37 Å². The van der Waals surface area contributed by atoms with Crippen LogP contribution in [-0.2, 0) is 5.75 Å². The molecule has 2 aromatic carbocycles. The number of para-hydroxylation sites is 2. The molecule has 0 unspecified atom stereocenters. The summed E-state index contributed by atoms with van der Waals surface area (Å²) in [7, 11) is 0. The molecule has 1 aliphatic rings. The minimum Gasteiger partial charge on any atom is -0.310 e. The molecule has 0 amide bonds. The molecule has 4 rings (SSSR count). The van der Waals surface area contributed by atoms with Gasteiger partial charge in [0.05, 0.1) is 16.8 Å². The molecule has 1 aromatic heterocycles. The van der Waals surface area contributed by atoms with Crippen LogP contribution in [0.5, 0.6) is 0 Å². The molecule has 0 radical (unpaired) electrons. The van der Waals surface area contributed by atoms with Gasteiger partial charge in [-0.05, 0) is 24.3 Å². The third kappa shape index (κ3) is 1.68. The molecule has 0 fully saturated rings. The lowest BCUT2D eigenvalue weighted by Crippen LogP contribution is -2.06. The van der Waals surface area contributed by atoms with Gasteiger partial charge < -0.3 is 4.57 Å². The van der Waals surface area contributed by atoms with Crippen LogP contribution in [0.2, 0.25) is 5.02 Å². The zero-order chi connectivity index (χ0) is 13.7. The van der Waals surface area contributed by atoms with Gasteiger partial charge in [-0.2, -0.15) is 0 Å². The van der Waals surface area contributed by atoms with Gasteiger partial charge >= 0.3 is 0 Å². The van der Waals surface area contributed by atoms with E-state index in [4.69, 9.17) is 11.6 Å². The molecular formula is C15H10ClFN2S. The number of hydrogen-bond acceptors (Lipinski definition) is 2. The SMILES string of the molecule is Fc1cccc(Cl)c1[C@@H]1SCc2nc3ccccc3n21. The van der Waals surface area contributed by atoms with Crippen molar-refractivity contribution >= 4 is 34.4 Å². The van der Waals surface area contributed by atoms with Gasteiger partial charge in [0.15, 0.2) is 0 Å². The van der Waals surface area contributed by atoms with Gasteiger partial charge in [0.1, 0.15) is 17.0 Å². The van der Waals surface area contributed by atoms with Gasteiger partial charge in [-0.3, -0.25) is 0 Å². The first-order chi connectivity index (χ1) is 9.75. The number of thioether (sulfide) groups is 1. The van der Waals surface area contributed by atoms with E-state index in [1.807, 2.05) is 24.3 Å². The van der Waals surface area contributed by atoms with E-state index >= 15 is 0 Å². The first kappa shape index (κ1) is 12.2. The quantitative estimate of drug-likeness (QED) is 0.652. The van der Waals surface area contributed by atoms with Gasteiger partial charge in [0.2, 0.25) is 0 Å². The molecule has 2 heterocycles. The van der Waals surface area contributed by atoms with Crippen molar-refractivity contribution in [3.05, 3.63) is 64.7 Å². The van der Waals surface area contributed by atoms with E-state index in [9.17, 15) is 4.39 Å². The molecule has 2 nitrogen and oxygen atoms in total. The monoisotopic (exact) mass is 304 g/mol. The zero-order valence-electron chi connectivity index (χ0n) is 10.4. The molecule has 0 bridgehead atoms. The Bertz CT molecular complexity index is 794. The number of benzene rings is 2. The second kappa shape index (κ2) is 4.50.